The fraction of sp³-hybridized carbons (Fsp3) is 0. The van der Waals surface area contributed by atoms with E-state index in [1.54, 1.807) is 0 Å². The maximum atomic E-state index is 2.41. The van der Waals surface area contributed by atoms with E-state index in [1.165, 1.54) is 77.0 Å². The maximum Gasteiger partial charge on any atom is 0.0541 e. The topological polar surface area (TPSA) is 13.1 Å². The van der Waals surface area contributed by atoms with Crippen LogP contribution in [0.4, 0.5) is 17.1 Å². The van der Waals surface area contributed by atoms with Gasteiger partial charge < -0.3 is 14.0 Å². The van der Waals surface area contributed by atoms with Gasteiger partial charge in [0.05, 0.1) is 22.1 Å². The highest BCUT2D eigenvalue weighted by Gasteiger charge is 2.19. The Morgan fingerprint density at radius 3 is 1.07 bits per heavy atom. The summed E-state index contributed by atoms with van der Waals surface area (Å²) in [6, 6.07) is 99.2. The van der Waals surface area contributed by atoms with Gasteiger partial charge in [0.25, 0.3) is 0 Å². The third-order valence-electron chi connectivity index (χ3n) is 13.6. The van der Waals surface area contributed by atoms with E-state index < -0.39 is 0 Å². The molecular weight excluding hydrogens is 835 g/mol. The lowest BCUT2D eigenvalue weighted by molar-refractivity contribution is 1.18. The Morgan fingerprint density at radius 2 is 0.565 bits per heavy atom. The monoisotopic (exact) mass is 879 g/mol. The van der Waals surface area contributed by atoms with Gasteiger partial charge in [-0.15, -0.1) is 0 Å². The zero-order valence-electron chi connectivity index (χ0n) is 37.8. The minimum Gasteiger partial charge on any atom is -0.310 e. The molecule has 0 radical (unpaired) electrons. The smallest absolute Gasteiger partial charge is 0.0541 e. The van der Waals surface area contributed by atoms with E-state index >= 15 is 0 Å². The van der Waals surface area contributed by atoms with Crippen LogP contribution in [0.2, 0.25) is 0 Å². The first kappa shape index (κ1) is 40.1. The van der Waals surface area contributed by atoms with Crippen LogP contribution in [-0.4, -0.2) is 9.13 Å². The van der Waals surface area contributed by atoms with Crippen molar-refractivity contribution in [2.45, 2.75) is 0 Å². The van der Waals surface area contributed by atoms with Gasteiger partial charge in [0, 0.05) is 50.0 Å². The van der Waals surface area contributed by atoms with Crippen molar-refractivity contribution >= 4 is 60.7 Å². The van der Waals surface area contributed by atoms with Crippen molar-refractivity contribution in [2.24, 2.45) is 0 Å². The average molecular weight is 880 g/mol. The summed E-state index contributed by atoms with van der Waals surface area (Å²) >= 11 is 0. The predicted molar refractivity (Wildman–Crippen MR) is 292 cm³/mol. The number of para-hydroxylation sites is 4. The molecule has 0 atom stereocenters. The lowest BCUT2D eigenvalue weighted by Crippen LogP contribution is -2.10. The molecule has 324 valence electrons. The fourth-order valence-corrected chi connectivity index (χ4v) is 10.4. The third-order valence-corrected chi connectivity index (χ3v) is 13.6. The van der Waals surface area contributed by atoms with E-state index in [2.05, 4.69) is 287 Å². The molecule has 0 bridgehead atoms. The number of fused-ring (bicyclic) bond motifs is 6. The van der Waals surface area contributed by atoms with Gasteiger partial charge >= 0.3 is 0 Å². The van der Waals surface area contributed by atoms with Gasteiger partial charge in [0.2, 0.25) is 0 Å². The van der Waals surface area contributed by atoms with Gasteiger partial charge in [-0.1, -0.05) is 164 Å². The molecule has 0 aliphatic carbocycles. The Labute approximate surface area is 401 Å². The molecule has 69 heavy (non-hydrogen) atoms. The molecule has 13 aromatic rings. The summed E-state index contributed by atoms with van der Waals surface area (Å²) < 4.78 is 4.79. The van der Waals surface area contributed by atoms with Gasteiger partial charge in [-0.3, -0.25) is 0 Å². The minimum atomic E-state index is 1.08. The van der Waals surface area contributed by atoms with E-state index in [9.17, 15) is 0 Å². The number of benzene rings is 11. The zero-order valence-corrected chi connectivity index (χ0v) is 37.8. The third kappa shape index (κ3) is 7.16. The van der Waals surface area contributed by atoms with Crippen LogP contribution >= 0.6 is 0 Å². The van der Waals surface area contributed by atoms with Crippen molar-refractivity contribution in [3.05, 3.63) is 273 Å². The van der Waals surface area contributed by atoms with E-state index in [0.717, 1.165) is 39.6 Å². The molecule has 0 aliphatic rings. The second-order valence-corrected chi connectivity index (χ2v) is 17.8. The van der Waals surface area contributed by atoms with Crippen molar-refractivity contribution in [2.75, 3.05) is 4.90 Å². The molecule has 0 amide bonds. The lowest BCUT2D eigenvalue weighted by Gasteiger charge is -2.27. The van der Waals surface area contributed by atoms with Gasteiger partial charge in [0.15, 0.2) is 0 Å². The van der Waals surface area contributed by atoms with Gasteiger partial charge in [-0.25, -0.2) is 0 Å². The standard InChI is InChI=1S/C66H45N3/c1-6-19-46(20-7-1)52-39-53(47-21-8-2-9-22-47)42-58(41-52)67(54-24-10-3-11-25-54)57-30-18-23-48(40-57)49-33-37-65-61(44-49)62-45-51(35-38-66(62)69(65)56-28-14-5-15-29-56)50-34-36-64-60(43-50)59-31-16-17-32-63(59)68(64)55-26-12-4-13-27-55/h1-45H. The molecule has 2 aromatic heterocycles. The number of anilines is 3. The molecule has 3 heteroatoms. The highest BCUT2D eigenvalue weighted by molar-refractivity contribution is 6.13. The highest BCUT2D eigenvalue weighted by atomic mass is 15.1. The van der Waals surface area contributed by atoms with Crippen molar-refractivity contribution < 1.29 is 0 Å². The summed E-state index contributed by atoms with van der Waals surface area (Å²) in [6.45, 7) is 0. The quantitative estimate of drug-likeness (QED) is 0.141. The van der Waals surface area contributed by atoms with E-state index in [1.807, 2.05) is 0 Å². The molecule has 0 fully saturated rings. The Balaban J connectivity index is 0.963. The Bertz CT molecular complexity index is 3930. The van der Waals surface area contributed by atoms with Gasteiger partial charge in [-0.05, 0) is 154 Å². The normalized spacial score (nSPS) is 11.5. The summed E-state index contributed by atoms with van der Waals surface area (Å²) in [5.74, 6) is 0. The Morgan fingerprint density at radius 1 is 0.203 bits per heavy atom. The molecule has 13 rings (SSSR count). The Kier molecular flexibility index (Phi) is 9.84. The minimum absolute atomic E-state index is 1.08. The number of hydrogen-bond donors (Lipinski definition) is 0. The van der Waals surface area contributed by atoms with E-state index in [4.69, 9.17) is 0 Å². The maximum absolute atomic E-state index is 2.41. The first-order chi connectivity index (χ1) is 34.2. The number of rotatable bonds is 9. The van der Waals surface area contributed by atoms with Crippen LogP contribution in [-0.2, 0) is 0 Å². The molecule has 0 unspecified atom stereocenters. The SMILES string of the molecule is c1ccc(-c2cc(-c3ccccc3)cc(N(c3ccccc3)c3cccc(-c4ccc5c(c4)c4cc(-c6ccc7c(c6)c6ccccc6n7-c6ccccc6)ccc4n5-c4ccccc4)c3)c2)cc1. The second kappa shape index (κ2) is 16.9. The summed E-state index contributed by atoms with van der Waals surface area (Å²) in [4.78, 5) is 2.39. The van der Waals surface area contributed by atoms with Crippen LogP contribution in [0.5, 0.6) is 0 Å². The zero-order chi connectivity index (χ0) is 45.7. The molecule has 0 spiro atoms. The molecule has 0 saturated heterocycles. The van der Waals surface area contributed by atoms with Crippen LogP contribution in [0.3, 0.4) is 0 Å². The first-order valence-corrected chi connectivity index (χ1v) is 23.7. The van der Waals surface area contributed by atoms with Gasteiger partial charge in [-0.2, -0.15) is 0 Å². The van der Waals surface area contributed by atoms with Crippen molar-refractivity contribution in [1.29, 1.82) is 0 Å². The molecular formula is C66H45N3. The Hall–Kier alpha value is -9.18. The summed E-state index contributed by atoms with van der Waals surface area (Å²) in [6.07, 6.45) is 0. The molecule has 0 saturated carbocycles. The van der Waals surface area contributed by atoms with Crippen molar-refractivity contribution in [3.63, 3.8) is 0 Å². The summed E-state index contributed by atoms with van der Waals surface area (Å²) in [5.41, 5.74) is 19.7. The molecule has 0 aliphatic heterocycles. The van der Waals surface area contributed by atoms with E-state index in [-0.39, 0.29) is 0 Å². The molecule has 0 N–H and O–H groups in total. The van der Waals surface area contributed by atoms with Crippen LogP contribution in [0.1, 0.15) is 0 Å². The fourth-order valence-electron chi connectivity index (χ4n) is 10.4. The molecule has 2 heterocycles. The van der Waals surface area contributed by atoms with Crippen LogP contribution in [0.25, 0.3) is 99.5 Å². The largest absolute Gasteiger partial charge is 0.310 e. The predicted octanol–water partition coefficient (Wildman–Crippen LogP) is 18.0. The van der Waals surface area contributed by atoms with Crippen molar-refractivity contribution in [1.82, 2.24) is 9.13 Å². The average Bonchev–Trinajstić information content (AvgIpc) is 3.94. The number of aromatic nitrogens is 2. The lowest BCUT2D eigenvalue weighted by atomic mass is 9.97. The van der Waals surface area contributed by atoms with Crippen molar-refractivity contribution in [3.8, 4) is 55.9 Å². The number of hydrogen-bond acceptors (Lipinski definition) is 1. The molecule has 11 aromatic carbocycles. The van der Waals surface area contributed by atoms with Crippen LogP contribution in [0, 0.1) is 0 Å². The van der Waals surface area contributed by atoms with Crippen LogP contribution in [0.15, 0.2) is 273 Å². The molecule has 3 nitrogen and oxygen atoms in total. The van der Waals surface area contributed by atoms with Gasteiger partial charge in [0.1, 0.15) is 0 Å². The first-order valence-electron chi connectivity index (χ1n) is 23.7. The van der Waals surface area contributed by atoms with Crippen LogP contribution < -0.4 is 4.90 Å². The number of nitrogens with zero attached hydrogens (tertiary/aromatic N) is 3. The van der Waals surface area contributed by atoms with E-state index in [0.29, 0.717) is 0 Å². The highest BCUT2D eigenvalue weighted by Crippen LogP contribution is 2.43. The summed E-state index contributed by atoms with van der Waals surface area (Å²) in [7, 11) is 0. The second-order valence-electron chi connectivity index (χ2n) is 17.8. The summed E-state index contributed by atoms with van der Waals surface area (Å²) in [5, 5.41) is 4.92.